The summed E-state index contributed by atoms with van der Waals surface area (Å²) >= 11 is 0. The van der Waals surface area contributed by atoms with Crippen LogP contribution in [0.5, 0.6) is 0 Å². The maximum Gasteiger partial charge on any atom is 0.282 e. The molecule has 0 amide bonds. The van der Waals surface area contributed by atoms with Crippen LogP contribution in [0.3, 0.4) is 0 Å². The van der Waals surface area contributed by atoms with Crippen molar-refractivity contribution < 1.29 is 13.2 Å². The van der Waals surface area contributed by atoms with E-state index in [0.717, 1.165) is 18.4 Å². The first-order chi connectivity index (χ1) is 9.69. The van der Waals surface area contributed by atoms with E-state index < -0.39 is 10.2 Å². The molecule has 0 spiro atoms. The van der Waals surface area contributed by atoms with Gasteiger partial charge in [-0.25, -0.2) is 0 Å². The van der Waals surface area contributed by atoms with Gasteiger partial charge in [-0.2, -0.15) is 17.0 Å². The number of hydrogen-bond acceptors (Lipinski definition) is 4. The molecule has 7 heteroatoms. The molecular formula is C13H19N3O3S. The van der Waals surface area contributed by atoms with Crippen LogP contribution in [0.2, 0.25) is 0 Å². The molecule has 20 heavy (non-hydrogen) atoms. The normalized spacial score (nSPS) is 25.9. The predicted molar refractivity (Wildman–Crippen MR) is 74.2 cm³/mol. The lowest BCUT2D eigenvalue weighted by atomic mass is 10.1. The van der Waals surface area contributed by atoms with Gasteiger partial charge in [0.05, 0.1) is 19.3 Å². The molecule has 1 atom stereocenters. The summed E-state index contributed by atoms with van der Waals surface area (Å²) in [7, 11) is -3.39. The average Bonchev–Trinajstić information content (AvgIpc) is 2.99. The van der Waals surface area contributed by atoms with Crippen molar-refractivity contribution in [3.8, 4) is 0 Å². The fraction of sp³-hybridized carbons (Fsp3) is 0.615. The van der Waals surface area contributed by atoms with Crippen molar-refractivity contribution in [2.24, 2.45) is 0 Å². The van der Waals surface area contributed by atoms with Crippen molar-refractivity contribution >= 4 is 10.2 Å². The molecule has 2 saturated heterocycles. The van der Waals surface area contributed by atoms with Crippen LogP contribution in [0.15, 0.2) is 24.5 Å². The van der Waals surface area contributed by atoms with Crippen molar-refractivity contribution in [3.63, 3.8) is 0 Å². The van der Waals surface area contributed by atoms with Crippen molar-refractivity contribution in [1.82, 2.24) is 13.6 Å². The van der Waals surface area contributed by atoms with Crippen LogP contribution in [0.25, 0.3) is 0 Å². The fourth-order valence-corrected chi connectivity index (χ4v) is 4.68. The van der Waals surface area contributed by atoms with Gasteiger partial charge in [-0.15, -0.1) is 0 Å². The lowest BCUT2D eigenvalue weighted by Crippen LogP contribution is -2.48. The maximum atomic E-state index is 12.8. The van der Waals surface area contributed by atoms with E-state index in [-0.39, 0.29) is 6.04 Å². The molecule has 1 aromatic heterocycles. The molecule has 0 N–H and O–H groups in total. The molecule has 3 rings (SSSR count). The summed E-state index contributed by atoms with van der Waals surface area (Å²) in [6, 6.07) is 3.74. The van der Waals surface area contributed by atoms with Gasteiger partial charge in [-0.3, -0.25) is 4.98 Å². The van der Waals surface area contributed by atoms with Crippen LogP contribution in [0, 0.1) is 0 Å². The van der Waals surface area contributed by atoms with Crippen LogP contribution in [-0.4, -0.2) is 54.9 Å². The number of nitrogens with zero attached hydrogens (tertiary/aromatic N) is 3. The van der Waals surface area contributed by atoms with Gasteiger partial charge in [-0.1, -0.05) is 0 Å². The second-order valence-corrected chi connectivity index (χ2v) is 6.95. The number of pyridine rings is 1. The lowest BCUT2D eigenvalue weighted by molar-refractivity contribution is 0.0699. The first-order valence-corrected chi connectivity index (χ1v) is 8.34. The Morgan fingerprint density at radius 3 is 2.55 bits per heavy atom. The predicted octanol–water partition coefficient (Wildman–Crippen LogP) is 0.795. The Morgan fingerprint density at radius 2 is 1.85 bits per heavy atom. The molecule has 0 radical (unpaired) electrons. The van der Waals surface area contributed by atoms with Crippen LogP contribution < -0.4 is 0 Å². The highest BCUT2D eigenvalue weighted by molar-refractivity contribution is 7.86. The molecule has 0 unspecified atom stereocenters. The van der Waals surface area contributed by atoms with E-state index in [9.17, 15) is 8.42 Å². The molecule has 3 heterocycles. The van der Waals surface area contributed by atoms with Gasteiger partial charge < -0.3 is 4.74 Å². The number of rotatable bonds is 3. The van der Waals surface area contributed by atoms with Gasteiger partial charge in [0.2, 0.25) is 0 Å². The Hall–Kier alpha value is -1.02. The van der Waals surface area contributed by atoms with Gasteiger partial charge in [0.15, 0.2) is 0 Å². The third-order valence-electron chi connectivity index (χ3n) is 3.89. The summed E-state index contributed by atoms with van der Waals surface area (Å²) in [5, 5.41) is 0. The maximum absolute atomic E-state index is 12.8. The largest absolute Gasteiger partial charge is 0.379 e. The van der Waals surface area contributed by atoms with E-state index in [1.807, 2.05) is 12.1 Å². The fourth-order valence-electron chi connectivity index (χ4n) is 2.86. The molecule has 0 aliphatic carbocycles. The molecule has 1 aromatic rings. The monoisotopic (exact) mass is 297 g/mol. The number of morpholine rings is 1. The average molecular weight is 297 g/mol. The minimum Gasteiger partial charge on any atom is -0.379 e. The topological polar surface area (TPSA) is 62.7 Å². The summed E-state index contributed by atoms with van der Waals surface area (Å²) < 4.78 is 33.9. The van der Waals surface area contributed by atoms with E-state index in [1.165, 1.54) is 4.31 Å². The number of aromatic nitrogens is 1. The Morgan fingerprint density at radius 1 is 1.15 bits per heavy atom. The zero-order valence-corrected chi connectivity index (χ0v) is 12.1. The molecule has 0 aromatic carbocycles. The second kappa shape index (κ2) is 5.77. The Bertz CT molecular complexity index is 543. The molecule has 110 valence electrons. The van der Waals surface area contributed by atoms with Crippen LogP contribution in [0.4, 0.5) is 0 Å². The zero-order valence-electron chi connectivity index (χ0n) is 11.3. The Labute approximate surface area is 119 Å². The molecule has 2 aliphatic heterocycles. The van der Waals surface area contributed by atoms with Crippen molar-refractivity contribution in [2.75, 3.05) is 32.8 Å². The number of hydrogen-bond donors (Lipinski definition) is 0. The minimum atomic E-state index is -3.39. The smallest absolute Gasteiger partial charge is 0.282 e. The van der Waals surface area contributed by atoms with E-state index in [1.54, 1.807) is 16.7 Å². The van der Waals surface area contributed by atoms with Gasteiger partial charge in [-0.05, 0) is 30.5 Å². The molecular weight excluding hydrogens is 278 g/mol. The quantitative estimate of drug-likeness (QED) is 0.828. The van der Waals surface area contributed by atoms with Gasteiger partial charge >= 0.3 is 0 Å². The van der Waals surface area contributed by atoms with E-state index >= 15 is 0 Å². The highest BCUT2D eigenvalue weighted by atomic mass is 32.2. The van der Waals surface area contributed by atoms with E-state index in [0.29, 0.717) is 32.8 Å². The Kier molecular flexibility index (Phi) is 4.02. The summed E-state index contributed by atoms with van der Waals surface area (Å²) in [5.74, 6) is 0. The highest BCUT2D eigenvalue weighted by Crippen LogP contribution is 2.35. The third-order valence-corrected chi connectivity index (χ3v) is 5.93. The first-order valence-electron chi connectivity index (χ1n) is 6.94. The van der Waals surface area contributed by atoms with Gasteiger partial charge in [0, 0.05) is 32.0 Å². The highest BCUT2D eigenvalue weighted by Gasteiger charge is 2.39. The van der Waals surface area contributed by atoms with E-state index in [4.69, 9.17) is 4.74 Å². The van der Waals surface area contributed by atoms with Gasteiger partial charge in [0.1, 0.15) is 0 Å². The van der Waals surface area contributed by atoms with Gasteiger partial charge in [0.25, 0.3) is 10.2 Å². The van der Waals surface area contributed by atoms with Crippen molar-refractivity contribution in [3.05, 3.63) is 30.1 Å². The van der Waals surface area contributed by atoms with Crippen LogP contribution in [0.1, 0.15) is 24.4 Å². The summed E-state index contributed by atoms with van der Waals surface area (Å²) in [6.07, 6.45) is 5.20. The lowest BCUT2D eigenvalue weighted by Gasteiger charge is -2.33. The molecule has 0 bridgehead atoms. The number of ether oxygens (including phenoxy) is 1. The minimum absolute atomic E-state index is 0.0640. The van der Waals surface area contributed by atoms with E-state index in [2.05, 4.69) is 4.98 Å². The zero-order chi connectivity index (χ0) is 14.0. The SMILES string of the molecule is O=S(=O)(N1CCOCC1)N1CCC[C@@H]1c1ccncc1. The van der Waals surface area contributed by atoms with Crippen LogP contribution >= 0.6 is 0 Å². The second-order valence-electron chi connectivity index (χ2n) is 5.07. The summed E-state index contributed by atoms with van der Waals surface area (Å²) in [5.41, 5.74) is 1.02. The van der Waals surface area contributed by atoms with Crippen LogP contribution in [-0.2, 0) is 14.9 Å². The molecule has 0 saturated carbocycles. The third kappa shape index (κ3) is 2.58. The van der Waals surface area contributed by atoms with Crippen molar-refractivity contribution in [1.29, 1.82) is 0 Å². The molecule has 6 nitrogen and oxygen atoms in total. The molecule has 2 fully saturated rings. The summed E-state index contributed by atoms with van der Waals surface area (Å²) in [6.45, 7) is 2.44. The Balaban J connectivity index is 1.84. The summed E-state index contributed by atoms with van der Waals surface area (Å²) in [4.78, 5) is 4.00. The van der Waals surface area contributed by atoms with Crippen molar-refractivity contribution in [2.45, 2.75) is 18.9 Å². The first kappa shape index (κ1) is 13.9. The standard InChI is InChI=1S/C13H19N3O3S/c17-20(18,15-8-10-19-11-9-15)16-7-1-2-13(16)12-3-5-14-6-4-12/h3-6,13H,1-2,7-11H2/t13-/m1/s1. The molecule has 2 aliphatic rings.